The van der Waals surface area contributed by atoms with Crippen LogP contribution >= 0.6 is 0 Å². The first kappa shape index (κ1) is 33.2. The van der Waals surface area contributed by atoms with Gasteiger partial charge >= 0.3 is 0 Å². The number of piperazine rings is 1. The number of hydrogen-bond donors (Lipinski definition) is 3. The number of sulfonamides is 1. The Morgan fingerprint density at radius 3 is 2.52 bits per heavy atom. The Bertz CT molecular complexity index is 2010. The highest BCUT2D eigenvalue weighted by Crippen LogP contribution is 2.31. The molecule has 1 aliphatic heterocycles. The number of amides is 1. The summed E-state index contributed by atoms with van der Waals surface area (Å²) in [5.74, 6) is 2.27. The van der Waals surface area contributed by atoms with Gasteiger partial charge in [0.2, 0.25) is 11.0 Å². The van der Waals surface area contributed by atoms with Crippen molar-refractivity contribution in [3.05, 3.63) is 125 Å². The molecular weight excluding hydrogens is 641 g/mol. The lowest BCUT2D eigenvalue weighted by Gasteiger charge is -2.34. The molecule has 0 bridgehead atoms. The summed E-state index contributed by atoms with van der Waals surface area (Å²) in [6.07, 6.45) is 4.62. The molecular formula is C36H33F3N4O4S. The zero-order valence-corrected chi connectivity index (χ0v) is 26.6. The van der Waals surface area contributed by atoms with E-state index in [1.54, 1.807) is 30.4 Å². The monoisotopic (exact) mass is 674 g/mol. The summed E-state index contributed by atoms with van der Waals surface area (Å²) >= 11 is 0. The number of carbonyl (C=O) groups is 1. The second kappa shape index (κ2) is 14.2. The van der Waals surface area contributed by atoms with Gasteiger partial charge < -0.3 is 20.8 Å². The lowest BCUT2D eigenvalue weighted by Crippen LogP contribution is -2.53. The van der Waals surface area contributed by atoms with Crippen molar-refractivity contribution in [3.8, 4) is 11.8 Å². The smallest absolute Gasteiger partial charge is 0.276 e. The standard InChI is InChI=1S/C36H33F3N4O4S/c37-27-13-10-24(11-14-27)34(26-18-28(38)21-29(39)19-26)35(40)36(44)42-31-8-3-1-2-6-23(31)12-15-30-22-41-16-17-43(30)48(45,46)33-20-25-7-4-5-9-32(25)47-33/h3-5,7-11,13-14,18-21,30,34-35,41H,1,12,15-17,22,40H2,(H,42,44)/t30-,34-,35-/m0/s1. The van der Waals surface area contributed by atoms with Gasteiger partial charge in [0.25, 0.3) is 10.0 Å². The van der Waals surface area contributed by atoms with E-state index in [2.05, 4.69) is 22.5 Å². The number of furan rings is 1. The number of carbonyl (C=O) groups excluding carboxylic acids is 1. The molecule has 0 unspecified atom stereocenters. The maximum absolute atomic E-state index is 14.3. The van der Waals surface area contributed by atoms with Crippen LogP contribution in [0, 0.1) is 29.3 Å². The second-order valence-electron chi connectivity index (χ2n) is 11.7. The van der Waals surface area contributed by atoms with E-state index in [1.807, 2.05) is 6.07 Å². The van der Waals surface area contributed by atoms with Crippen LogP contribution in [0.25, 0.3) is 11.0 Å². The summed E-state index contributed by atoms with van der Waals surface area (Å²) in [6, 6.07) is 15.0. The van der Waals surface area contributed by atoms with Gasteiger partial charge in [0, 0.05) is 61.1 Å². The molecule has 3 aromatic carbocycles. The first-order valence-corrected chi connectivity index (χ1v) is 16.9. The molecule has 0 saturated carbocycles. The van der Waals surface area contributed by atoms with Crippen LogP contribution in [0.15, 0.2) is 106 Å². The molecule has 248 valence electrons. The van der Waals surface area contributed by atoms with E-state index in [0.29, 0.717) is 66.2 Å². The van der Waals surface area contributed by atoms with E-state index in [-0.39, 0.29) is 17.2 Å². The van der Waals surface area contributed by atoms with E-state index < -0.39 is 51.4 Å². The summed E-state index contributed by atoms with van der Waals surface area (Å²) in [5, 5.41) is 6.67. The van der Waals surface area contributed by atoms with Crippen LogP contribution < -0.4 is 16.4 Å². The van der Waals surface area contributed by atoms with Gasteiger partial charge in [0.15, 0.2) is 0 Å². The molecule has 6 rings (SSSR count). The number of nitrogens with one attached hydrogen (secondary N) is 2. The summed E-state index contributed by atoms with van der Waals surface area (Å²) in [6.45, 7) is 1.13. The Morgan fingerprint density at radius 1 is 1.02 bits per heavy atom. The molecule has 3 atom stereocenters. The highest BCUT2D eigenvalue weighted by molar-refractivity contribution is 7.89. The molecule has 1 amide bonds. The van der Waals surface area contributed by atoms with Gasteiger partial charge in [-0.25, -0.2) is 21.6 Å². The maximum atomic E-state index is 14.3. The topological polar surface area (TPSA) is 118 Å². The third-order valence-corrected chi connectivity index (χ3v) is 10.3. The Balaban J connectivity index is 1.23. The zero-order chi connectivity index (χ0) is 33.8. The number of para-hydroxylation sites is 1. The Labute approximate surface area is 276 Å². The lowest BCUT2D eigenvalue weighted by atomic mass is 9.84. The summed E-state index contributed by atoms with van der Waals surface area (Å²) in [4.78, 5) is 13.7. The zero-order valence-electron chi connectivity index (χ0n) is 25.8. The Kier molecular flexibility index (Phi) is 9.84. The molecule has 4 aromatic rings. The summed E-state index contributed by atoms with van der Waals surface area (Å²) in [5.41, 5.74) is 8.43. The minimum absolute atomic E-state index is 0.114. The van der Waals surface area contributed by atoms with E-state index in [9.17, 15) is 26.4 Å². The number of allylic oxidation sites excluding steroid dienone is 3. The minimum atomic E-state index is -3.95. The van der Waals surface area contributed by atoms with Crippen molar-refractivity contribution < 1.29 is 30.8 Å². The fourth-order valence-corrected chi connectivity index (χ4v) is 7.70. The van der Waals surface area contributed by atoms with Gasteiger partial charge in [0.1, 0.15) is 23.0 Å². The van der Waals surface area contributed by atoms with Crippen molar-refractivity contribution in [2.45, 2.75) is 42.4 Å². The van der Waals surface area contributed by atoms with Gasteiger partial charge in [-0.15, -0.1) is 0 Å². The SMILES string of the molecule is N[C@H](C(=O)NC1=C(CC[C@H]2CNCCN2S(=O)(=O)c2cc3ccccc3o2)C#CCC=C1)[C@@H](c1ccc(F)cc1)c1cc(F)cc(F)c1. The van der Waals surface area contributed by atoms with Crippen molar-refractivity contribution in [3.63, 3.8) is 0 Å². The maximum Gasteiger partial charge on any atom is 0.276 e. The van der Waals surface area contributed by atoms with Crippen LogP contribution in [0.4, 0.5) is 13.2 Å². The molecule has 1 aromatic heterocycles. The number of benzene rings is 3. The molecule has 48 heavy (non-hydrogen) atoms. The van der Waals surface area contributed by atoms with Gasteiger partial charge in [-0.1, -0.05) is 48.2 Å². The van der Waals surface area contributed by atoms with Crippen molar-refractivity contribution >= 4 is 26.9 Å². The van der Waals surface area contributed by atoms with Crippen molar-refractivity contribution in [2.24, 2.45) is 5.73 Å². The Morgan fingerprint density at radius 2 is 1.77 bits per heavy atom. The predicted molar refractivity (Wildman–Crippen MR) is 175 cm³/mol. The second-order valence-corrected chi connectivity index (χ2v) is 13.5. The third kappa shape index (κ3) is 7.24. The molecule has 1 saturated heterocycles. The first-order valence-electron chi connectivity index (χ1n) is 15.5. The largest absolute Gasteiger partial charge is 0.443 e. The molecule has 1 fully saturated rings. The van der Waals surface area contributed by atoms with Crippen molar-refractivity contribution in [1.82, 2.24) is 14.9 Å². The predicted octanol–water partition coefficient (Wildman–Crippen LogP) is 5.09. The van der Waals surface area contributed by atoms with Gasteiger partial charge in [-0.05, 0) is 60.4 Å². The van der Waals surface area contributed by atoms with Crippen LogP contribution in [-0.2, 0) is 14.8 Å². The Hall–Kier alpha value is -4.67. The van der Waals surface area contributed by atoms with E-state index in [4.69, 9.17) is 10.2 Å². The number of nitrogens with two attached hydrogens (primary N) is 1. The molecule has 12 heteroatoms. The molecule has 2 aliphatic rings. The normalized spacial score (nSPS) is 18.2. The van der Waals surface area contributed by atoms with Crippen molar-refractivity contribution in [1.29, 1.82) is 0 Å². The summed E-state index contributed by atoms with van der Waals surface area (Å²) < 4.78 is 76.9. The fraction of sp³-hybridized carbons (Fsp3) is 0.250. The highest BCUT2D eigenvalue weighted by atomic mass is 32.2. The number of rotatable bonds is 10. The van der Waals surface area contributed by atoms with Gasteiger partial charge in [-0.3, -0.25) is 4.79 Å². The molecule has 4 N–H and O–H groups in total. The van der Waals surface area contributed by atoms with Crippen LogP contribution in [0.5, 0.6) is 0 Å². The van der Waals surface area contributed by atoms with Gasteiger partial charge in [-0.2, -0.15) is 4.31 Å². The quantitative estimate of drug-likeness (QED) is 0.202. The van der Waals surface area contributed by atoms with Crippen molar-refractivity contribution in [2.75, 3.05) is 19.6 Å². The van der Waals surface area contributed by atoms with E-state index in [1.165, 1.54) is 34.6 Å². The summed E-state index contributed by atoms with van der Waals surface area (Å²) in [7, 11) is -3.95. The highest BCUT2D eigenvalue weighted by Gasteiger charge is 2.36. The van der Waals surface area contributed by atoms with Crippen LogP contribution in [0.2, 0.25) is 0 Å². The molecule has 2 heterocycles. The minimum Gasteiger partial charge on any atom is -0.443 e. The number of halogens is 3. The molecule has 1 aliphatic carbocycles. The molecule has 0 radical (unpaired) electrons. The van der Waals surface area contributed by atoms with Gasteiger partial charge in [0.05, 0.1) is 11.7 Å². The van der Waals surface area contributed by atoms with Crippen LogP contribution in [0.3, 0.4) is 0 Å². The third-order valence-electron chi connectivity index (χ3n) is 8.45. The van der Waals surface area contributed by atoms with Crippen LogP contribution in [0.1, 0.15) is 36.3 Å². The molecule has 8 nitrogen and oxygen atoms in total. The lowest BCUT2D eigenvalue weighted by molar-refractivity contribution is -0.121. The average molecular weight is 675 g/mol. The first-order chi connectivity index (χ1) is 23.1. The number of nitrogens with zero attached hydrogens (tertiary/aromatic N) is 1. The number of fused-ring (bicyclic) bond motifs is 1. The average Bonchev–Trinajstić information content (AvgIpc) is 3.40. The number of hydrogen-bond acceptors (Lipinski definition) is 6. The van der Waals surface area contributed by atoms with E-state index in [0.717, 1.165) is 12.1 Å². The molecule has 0 spiro atoms. The van der Waals surface area contributed by atoms with E-state index >= 15 is 0 Å². The fourth-order valence-electron chi connectivity index (χ4n) is 6.09. The van der Waals surface area contributed by atoms with Crippen LogP contribution in [-0.4, -0.2) is 50.3 Å².